The molecule has 0 spiro atoms. The number of aromatic nitrogens is 4. The van der Waals surface area contributed by atoms with Gasteiger partial charge in [-0.2, -0.15) is 0 Å². The Labute approximate surface area is 365 Å². The quantitative estimate of drug-likeness (QED) is 0.0943. The molecule has 8 aromatic rings. The van der Waals surface area contributed by atoms with Crippen molar-refractivity contribution in [2.75, 3.05) is 4.72 Å². The molecule has 14 heteroatoms. The summed E-state index contributed by atoms with van der Waals surface area (Å²) in [6, 6.07) is 47.3. The van der Waals surface area contributed by atoms with Crippen molar-refractivity contribution in [2.45, 2.75) is 4.90 Å². The highest BCUT2D eigenvalue weighted by Crippen LogP contribution is 2.39. The highest BCUT2D eigenvalue weighted by atomic mass is 32.2. The van der Waals surface area contributed by atoms with Crippen LogP contribution in [0.3, 0.4) is 0 Å². The van der Waals surface area contributed by atoms with Crippen LogP contribution in [0.4, 0.5) is 17.1 Å². The van der Waals surface area contributed by atoms with Gasteiger partial charge in [0.2, 0.25) is 0 Å². The maximum absolute atomic E-state index is 13.5. The van der Waals surface area contributed by atoms with Crippen molar-refractivity contribution in [1.29, 1.82) is 0 Å². The first-order valence-electron chi connectivity index (χ1n) is 20.0. The van der Waals surface area contributed by atoms with Gasteiger partial charge >= 0.3 is 0 Å². The molecule has 0 aliphatic carbocycles. The number of nitrogens with zero attached hydrogens (tertiary/aromatic N) is 4. The summed E-state index contributed by atoms with van der Waals surface area (Å²) in [5.41, 5.74) is 11.8. The van der Waals surface area contributed by atoms with Gasteiger partial charge in [-0.3, -0.25) is 25.0 Å². The maximum Gasteiger partial charge on any atom is 0.296 e. The van der Waals surface area contributed by atoms with E-state index in [-0.39, 0.29) is 5.69 Å². The molecule has 0 saturated heterocycles. The zero-order valence-corrected chi connectivity index (χ0v) is 34.3. The van der Waals surface area contributed by atoms with Gasteiger partial charge in [-0.15, -0.1) is 0 Å². The van der Waals surface area contributed by atoms with E-state index in [1.54, 1.807) is 24.3 Å². The average molecular weight is 860 g/mol. The van der Waals surface area contributed by atoms with E-state index < -0.39 is 36.1 Å². The van der Waals surface area contributed by atoms with Gasteiger partial charge in [0.1, 0.15) is 0 Å². The van der Waals surface area contributed by atoms with Crippen LogP contribution in [0.15, 0.2) is 163 Å². The number of nitro benzene ring substituents is 2. The topological polar surface area (TPSA) is 190 Å². The number of H-pyrrole nitrogens is 2. The summed E-state index contributed by atoms with van der Waals surface area (Å²) < 4.78 is 29.5. The van der Waals surface area contributed by atoms with Gasteiger partial charge in [-0.25, -0.2) is 18.4 Å². The smallest absolute Gasteiger partial charge is 0.296 e. The predicted octanol–water partition coefficient (Wildman–Crippen LogP) is 11.9. The van der Waals surface area contributed by atoms with Crippen LogP contribution < -0.4 is 4.72 Å². The summed E-state index contributed by atoms with van der Waals surface area (Å²) in [7, 11) is -4.55. The van der Waals surface area contributed by atoms with E-state index in [2.05, 4.69) is 39.0 Å². The molecule has 0 saturated carbocycles. The number of nitrogens with one attached hydrogen (secondary N) is 3. The van der Waals surface area contributed by atoms with E-state index in [4.69, 9.17) is 9.97 Å². The Bertz CT molecular complexity index is 3490. The van der Waals surface area contributed by atoms with Gasteiger partial charge < -0.3 is 9.97 Å². The highest BCUT2D eigenvalue weighted by molar-refractivity contribution is 7.92. The number of non-ortho nitro benzene ring substituents is 1. The van der Waals surface area contributed by atoms with E-state index in [1.165, 1.54) is 0 Å². The molecule has 0 amide bonds. The minimum atomic E-state index is -4.55. The zero-order valence-electron chi connectivity index (χ0n) is 33.5. The van der Waals surface area contributed by atoms with Crippen molar-refractivity contribution in [3.63, 3.8) is 0 Å². The molecule has 310 valence electrons. The van der Waals surface area contributed by atoms with E-state index in [0.29, 0.717) is 28.6 Å². The van der Waals surface area contributed by atoms with Crippen molar-refractivity contribution in [3.05, 3.63) is 201 Å². The van der Waals surface area contributed by atoms with Crippen LogP contribution in [-0.4, -0.2) is 38.2 Å². The molecule has 13 nitrogen and oxygen atoms in total. The lowest BCUT2D eigenvalue weighted by Gasteiger charge is -2.10. The standard InChI is InChI=1S/C50H33N7O6S/c58-56(59)36-20-29-46(45(30-36)57(60)61)64(62,63)55-35-18-16-34(17-19-35)50-43-27-25-41(53-43)48(32-12-6-2-7-13-32)39-23-21-37(51-39)47(31-10-4-1-5-11-31)38-22-24-40(52-38)49(33-14-8-3-9-15-33)42-26-28-44(50)54-42/h1-30,51,54-55H. The van der Waals surface area contributed by atoms with Gasteiger partial charge in [0.15, 0.2) is 4.90 Å². The normalized spacial score (nSPS) is 12.0. The molecule has 0 radical (unpaired) electrons. The lowest BCUT2D eigenvalue weighted by molar-refractivity contribution is -0.396. The van der Waals surface area contributed by atoms with Crippen molar-refractivity contribution < 1.29 is 18.3 Å². The Hall–Kier alpha value is -8.75. The second kappa shape index (κ2) is 15.9. The molecule has 5 aromatic carbocycles. The van der Waals surface area contributed by atoms with Crippen molar-refractivity contribution in [3.8, 4) is 44.5 Å². The molecule has 0 unspecified atom stereocenters. The Morgan fingerprint density at radius 2 is 0.828 bits per heavy atom. The fraction of sp³-hybridized carbons (Fsp3) is 0. The van der Waals surface area contributed by atoms with Crippen LogP contribution >= 0.6 is 0 Å². The van der Waals surface area contributed by atoms with Crippen LogP contribution in [-0.2, 0) is 10.0 Å². The number of aromatic amines is 2. The monoisotopic (exact) mass is 859 g/mol. The maximum atomic E-state index is 13.5. The third-order valence-electron chi connectivity index (χ3n) is 11.0. The molecular formula is C50H33N7O6S. The summed E-state index contributed by atoms with van der Waals surface area (Å²) >= 11 is 0. The number of hydrogen-bond acceptors (Lipinski definition) is 8. The number of sulfonamides is 1. The average Bonchev–Trinajstić information content (AvgIpc) is 4.16. The van der Waals surface area contributed by atoms with Crippen molar-refractivity contribution in [2.24, 2.45) is 0 Å². The molecule has 0 fully saturated rings. The largest absolute Gasteiger partial charge is 0.354 e. The predicted molar refractivity (Wildman–Crippen MR) is 251 cm³/mol. The van der Waals surface area contributed by atoms with Crippen LogP contribution in [0.1, 0.15) is 22.8 Å². The van der Waals surface area contributed by atoms with Gasteiger partial charge in [0.05, 0.1) is 38.7 Å². The molecule has 3 N–H and O–H groups in total. The third-order valence-corrected chi connectivity index (χ3v) is 12.4. The minimum Gasteiger partial charge on any atom is -0.354 e. The van der Waals surface area contributed by atoms with Gasteiger partial charge in [0, 0.05) is 56.1 Å². The van der Waals surface area contributed by atoms with Crippen LogP contribution in [0, 0.1) is 20.2 Å². The molecule has 0 atom stereocenters. The Kier molecular flexibility index (Phi) is 9.81. The third kappa shape index (κ3) is 7.29. The summed E-state index contributed by atoms with van der Waals surface area (Å²) in [6.07, 6.45) is 8.01. The molecule has 64 heavy (non-hydrogen) atoms. The molecule has 2 aliphatic heterocycles. The van der Waals surface area contributed by atoms with Gasteiger partial charge in [0.25, 0.3) is 21.4 Å². The Balaban J connectivity index is 1.21. The zero-order chi connectivity index (χ0) is 44.0. The first kappa shape index (κ1) is 39.4. The van der Waals surface area contributed by atoms with E-state index in [9.17, 15) is 28.6 Å². The summed E-state index contributed by atoms with van der Waals surface area (Å²) in [4.78, 5) is 38.6. The van der Waals surface area contributed by atoms with Crippen LogP contribution in [0.25, 0.3) is 90.9 Å². The molecule has 5 heterocycles. The lowest BCUT2D eigenvalue weighted by Crippen LogP contribution is -2.15. The summed E-state index contributed by atoms with van der Waals surface area (Å²) in [5, 5.41) is 23.1. The van der Waals surface area contributed by atoms with Crippen LogP contribution in [0.2, 0.25) is 0 Å². The second-order valence-corrected chi connectivity index (χ2v) is 16.6. The number of fused-ring (bicyclic) bond motifs is 8. The molecule has 2 aliphatic rings. The second-order valence-electron chi connectivity index (χ2n) is 14.9. The van der Waals surface area contributed by atoms with Crippen molar-refractivity contribution in [1.82, 2.24) is 19.9 Å². The first-order valence-corrected chi connectivity index (χ1v) is 21.5. The van der Waals surface area contributed by atoms with E-state index >= 15 is 0 Å². The first-order chi connectivity index (χ1) is 31.1. The highest BCUT2D eigenvalue weighted by Gasteiger charge is 2.29. The van der Waals surface area contributed by atoms with Gasteiger partial charge in [-0.05, 0) is 89.0 Å². The number of nitro groups is 2. The molecule has 10 rings (SSSR count). The minimum absolute atomic E-state index is 0.111. The lowest BCUT2D eigenvalue weighted by atomic mass is 10.0. The fourth-order valence-electron chi connectivity index (χ4n) is 8.14. The fourth-order valence-corrected chi connectivity index (χ4v) is 9.35. The number of rotatable bonds is 9. The number of benzene rings is 5. The molecule has 3 aromatic heterocycles. The molecule has 8 bridgehead atoms. The Morgan fingerprint density at radius 1 is 0.453 bits per heavy atom. The molecular weight excluding hydrogens is 827 g/mol. The Morgan fingerprint density at radius 3 is 1.19 bits per heavy atom. The van der Waals surface area contributed by atoms with Crippen LogP contribution in [0.5, 0.6) is 0 Å². The van der Waals surface area contributed by atoms with E-state index in [0.717, 1.165) is 79.0 Å². The van der Waals surface area contributed by atoms with E-state index in [1.807, 2.05) is 115 Å². The number of anilines is 1. The SMILES string of the molecule is O=[N+]([O-])c1ccc(S(=O)(=O)Nc2ccc(-c3c4nc(c(-c5ccccc5)c5ccc([nH]5)c(-c5ccccc5)c5nc(c(-c6ccccc6)c6ccc3[nH]6)C=C5)C=C4)cc2)c([N+](=O)[O-])c1. The number of hydrogen-bond donors (Lipinski definition) is 3. The van der Waals surface area contributed by atoms with Gasteiger partial charge in [-0.1, -0.05) is 103 Å². The summed E-state index contributed by atoms with van der Waals surface area (Å²) in [5.74, 6) is 0. The van der Waals surface area contributed by atoms with Crippen molar-refractivity contribution >= 4 is 73.5 Å². The summed E-state index contributed by atoms with van der Waals surface area (Å²) in [6.45, 7) is 0.